The maximum absolute atomic E-state index is 13.6. The molecule has 0 amide bonds. The zero-order valence-electron chi connectivity index (χ0n) is 15.8. The van der Waals surface area contributed by atoms with E-state index in [1.54, 1.807) is 13.0 Å². The highest BCUT2D eigenvalue weighted by Gasteiger charge is 2.53. The third-order valence-electron chi connectivity index (χ3n) is 5.07. The van der Waals surface area contributed by atoms with E-state index in [0.29, 0.717) is 10.0 Å². The van der Waals surface area contributed by atoms with Crippen molar-refractivity contribution in [1.29, 1.82) is 0 Å². The summed E-state index contributed by atoms with van der Waals surface area (Å²) in [5.74, 6) is -1.23. The number of esters is 1. The van der Waals surface area contributed by atoms with Crippen molar-refractivity contribution in [1.82, 2.24) is 0 Å². The van der Waals surface area contributed by atoms with Crippen LogP contribution in [0.3, 0.4) is 0 Å². The zero-order valence-corrected chi connectivity index (χ0v) is 17.3. The number of hydrogen-bond donors (Lipinski definition) is 0. The van der Waals surface area contributed by atoms with Gasteiger partial charge in [0, 0.05) is 10.0 Å². The van der Waals surface area contributed by atoms with E-state index < -0.39 is 53.3 Å². The van der Waals surface area contributed by atoms with Crippen LogP contribution in [0.15, 0.2) is 22.2 Å². The van der Waals surface area contributed by atoms with Gasteiger partial charge in [0.2, 0.25) is 6.10 Å². The smallest absolute Gasteiger partial charge is 0.430 e. The third-order valence-corrected chi connectivity index (χ3v) is 5.53. The Bertz CT molecular complexity index is 952. The average Bonchev–Trinajstić information content (AvgIpc) is 3.23. The molecule has 31 heavy (non-hydrogen) atoms. The molecule has 168 valence electrons. The predicted molar refractivity (Wildman–Crippen MR) is 98.6 cm³/mol. The van der Waals surface area contributed by atoms with Crippen molar-refractivity contribution < 1.29 is 46.8 Å². The number of aryl methyl sites for hydroxylation is 1. The van der Waals surface area contributed by atoms with Crippen LogP contribution in [0.2, 0.25) is 0 Å². The second-order valence-electron chi connectivity index (χ2n) is 7.19. The summed E-state index contributed by atoms with van der Waals surface area (Å²) < 4.78 is 62.7. The molecule has 0 spiro atoms. The number of carbonyl (C=O) groups excluding carboxylic acids is 1. The molecule has 2 fully saturated rings. The summed E-state index contributed by atoms with van der Waals surface area (Å²) in [6.07, 6.45) is -10.1. The van der Waals surface area contributed by atoms with Gasteiger partial charge in [0.25, 0.3) is 5.09 Å². The van der Waals surface area contributed by atoms with Crippen molar-refractivity contribution in [2.24, 2.45) is 0 Å². The Morgan fingerprint density at radius 1 is 1.23 bits per heavy atom. The number of halogens is 4. The minimum atomic E-state index is -4.87. The SMILES string of the molecule is Cc1cc(Br)cc2c1OC(C(F)(F)F)C(C(=O)O[C@H]1CO[C@H]3[C@@H]1OC[C@H]3O[N+](=O)[O-])=C2. The van der Waals surface area contributed by atoms with Crippen LogP contribution in [0.1, 0.15) is 11.1 Å². The number of ether oxygens (including phenoxy) is 4. The molecule has 2 saturated heterocycles. The Balaban J connectivity index is 1.56. The monoisotopic (exact) mass is 509 g/mol. The lowest BCUT2D eigenvalue weighted by molar-refractivity contribution is -0.769. The molecule has 9 nitrogen and oxygen atoms in total. The first kappa shape index (κ1) is 21.8. The van der Waals surface area contributed by atoms with Crippen LogP contribution in [0.4, 0.5) is 13.2 Å². The molecule has 3 aliphatic heterocycles. The van der Waals surface area contributed by atoms with Crippen molar-refractivity contribution in [3.8, 4) is 5.75 Å². The van der Waals surface area contributed by atoms with Gasteiger partial charge in [-0.15, -0.1) is 10.1 Å². The van der Waals surface area contributed by atoms with E-state index in [-0.39, 0.29) is 24.5 Å². The molecule has 3 heterocycles. The number of carbonyl (C=O) groups is 1. The molecule has 0 saturated carbocycles. The van der Waals surface area contributed by atoms with Gasteiger partial charge in [-0.05, 0) is 30.7 Å². The second-order valence-corrected chi connectivity index (χ2v) is 8.10. The Morgan fingerprint density at radius 2 is 1.87 bits per heavy atom. The van der Waals surface area contributed by atoms with Gasteiger partial charge in [-0.1, -0.05) is 15.9 Å². The van der Waals surface area contributed by atoms with Crippen LogP contribution in [0, 0.1) is 17.0 Å². The Hall–Kier alpha value is -2.38. The van der Waals surface area contributed by atoms with E-state index in [1.165, 1.54) is 6.07 Å². The molecule has 1 aromatic rings. The van der Waals surface area contributed by atoms with Gasteiger partial charge < -0.3 is 23.8 Å². The Morgan fingerprint density at radius 3 is 2.52 bits per heavy atom. The highest BCUT2D eigenvalue weighted by Crippen LogP contribution is 2.41. The minimum Gasteiger partial charge on any atom is -0.475 e. The molecule has 4 rings (SSSR count). The van der Waals surface area contributed by atoms with Gasteiger partial charge >= 0.3 is 12.1 Å². The average molecular weight is 510 g/mol. The van der Waals surface area contributed by atoms with Crippen molar-refractivity contribution in [2.45, 2.75) is 43.6 Å². The molecule has 3 aliphatic rings. The van der Waals surface area contributed by atoms with Crippen molar-refractivity contribution >= 4 is 28.0 Å². The summed E-state index contributed by atoms with van der Waals surface area (Å²) >= 11 is 3.26. The van der Waals surface area contributed by atoms with Crippen LogP contribution in [0.5, 0.6) is 5.75 Å². The van der Waals surface area contributed by atoms with Crippen LogP contribution in [-0.2, 0) is 23.8 Å². The van der Waals surface area contributed by atoms with Crippen LogP contribution >= 0.6 is 15.9 Å². The zero-order chi connectivity index (χ0) is 22.5. The molecule has 1 unspecified atom stereocenters. The molecule has 0 N–H and O–H groups in total. The lowest BCUT2D eigenvalue weighted by Gasteiger charge is -2.29. The number of nitrogens with zero attached hydrogens (tertiary/aromatic N) is 1. The van der Waals surface area contributed by atoms with E-state index in [9.17, 15) is 28.1 Å². The van der Waals surface area contributed by atoms with Crippen molar-refractivity contribution in [3.63, 3.8) is 0 Å². The van der Waals surface area contributed by atoms with Crippen molar-refractivity contribution in [3.05, 3.63) is 43.4 Å². The van der Waals surface area contributed by atoms with Gasteiger partial charge in [-0.25, -0.2) is 4.79 Å². The summed E-state index contributed by atoms with van der Waals surface area (Å²) in [6, 6.07) is 3.12. The van der Waals surface area contributed by atoms with Crippen LogP contribution < -0.4 is 4.74 Å². The lowest BCUT2D eigenvalue weighted by Crippen LogP contribution is -2.43. The number of alkyl halides is 3. The molecule has 5 atom stereocenters. The maximum atomic E-state index is 13.6. The molecule has 0 aromatic heterocycles. The van der Waals surface area contributed by atoms with Crippen molar-refractivity contribution in [2.75, 3.05) is 13.2 Å². The number of fused-ring (bicyclic) bond motifs is 2. The fourth-order valence-electron chi connectivity index (χ4n) is 3.79. The highest BCUT2D eigenvalue weighted by atomic mass is 79.9. The Kier molecular flexibility index (Phi) is 5.60. The van der Waals surface area contributed by atoms with Crippen LogP contribution in [-0.4, -0.2) is 61.0 Å². The molecule has 0 aliphatic carbocycles. The summed E-state index contributed by atoms with van der Waals surface area (Å²) in [5.41, 5.74) is 0.0268. The minimum absolute atomic E-state index is 0.0187. The first-order valence-corrected chi connectivity index (χ1v) is 9.84. The normalized spacial score (nSPS) is 29.5. The van der Waals surface area contributed by atoms with Crippen LogP contribution in [0.25, 0.3) is 6.08 Å². The molecular weight excluding hydrogens is 495 g/mol. The molecule has 1 aromatic carbocycles. The van der Waals surface area contributed by atoms with E-state index >= 15 is 0 Å². The quantitative estimate of drug-likeness (QED) is 0.346. The summed E-state index contributed by atoms with van der Waals surface area (Å²) in [7, 11) is 0. The first-order valence-electron chi connectivity index (χ1n) is 9.05. The third kappa shape index (κ3) is 4.21. The second kappa shape index (κ2) is 7.95. The summed E-state index contributed by atoms with van der Waals surface area (Å²) in [5, 5.41) is 9.55. The molecular formula is C18H15BrF3NO8. The van der Waals surface area contributed by atoms with Gasteiger partial charge in [0.15, 0.2) is 12.2 Å². The van der Waals surface area contributed by atoms with E-state index in [1.807, 2.05) is 0 Å². The number of hydrogen-bond acceptors (Lipinski definition) is 8. The van der Waals surface area contributed by atoms with E-state index in [2.05, 4.69) is 20.8 Å². The predicted octanol–water partition coefficient (Wildman–Crippen LogP) is 2.75. The molecule has 13 heteroatoms. The molecule has 0 bridgehead atoms. The highest BCUT2D eigenvalue weighted by molar-refractivity contribution is 9.10. The number of rotatable bonds is 4. The molecule has 0 radical (unpaired) electrons. The fourth-order valence-corrected chi connectivity index (χ4v) is 4.38. The lowest BCUT2D eigenvalue weighted by atomic mass is 9.99. The van der Waals surface area contributed by atoms with E-state index in [0.717, 1.165) is 6.08 Å². The Labute approximate surface area is 181 Å². The van der Waals surface area contributed by atoms with Gasteiger partial charge in [-0.2, -0.15) is 13.2 Å². The largest absolute Gasteiger partial charge is 0.475 e. The van der Waals surface area contributed by atoms with Gasteiger partial charge in [0.05, 0.1) is 18.8 Å². The number of benzene rings is 1. The van der Waals surface area contributed by atoms with E-state index in [4.69, 9.17) is 18.9 Å². The van der Waals surface area contributed by atoms with Gasteiger partial charge in [-0.3, -0.25) is 0 Å². The van der Waals surface area contributed by atoms with Gasteiger partial charge in [0.1, 0.15) is 18.0 Å². The standard InChI is InChI=1S/C18H15BrF3NO8/c1-7-2-9(19)3-8-4-10(16(18(20,21)22)30-13(7)8)17(24)29-11-5-27-15-12(31-23(25)26)6-28-14(11)15/h2-4,11-12,14-16H,5-6H2,1H3/t11-,12+,14+,15+,16?/m0/s1. The fraction of sp³-hybridized carbons (Fsp3) is 0.500. The maximum Gasteiger partial charge on any atom is 0.430 e. The first-order chi connectivity index (χ1) is 14.5. The summed E-state index contributed by atoms with van der Waals surface area (Å²) in [6.45, 7) is 1.21. The summed E-state index contributed by atoms with van der Waals surface area (Å²) in [4.78, 5) is 27.7. The topological polar surface area (TPSA) is 106 Å².